The van der Waals surface area contributed by atoms with Gasteiger partial charge in [-0.2, -0.15) is 0 Å². The van der Waals surface area contributed by atoms with E-state index in [0.717, 1.165) is 43.5 Å². The summed E-state index contributed by atoms with van der Waals surface area (Å²) < 4.78 is 14.6. The number of benzene rings is 1. The summed E-state index contributed by atoms with van der Waals surface area (Å²) in [7, 11) is 0. The SMILES string of the molecule is O=C(Cn1cnc2scc(-c3ccc(F)cc3)c2c1=O)N1CCCCC1. The molecule has 0 N–H and O–H groups in total. The zero-order valence-corrected chi connectivity index (χ0v) is 15.0. The fourth-order valence-electron chi connectivity index (χ4n) is 3.31. The van der Waals surface area contributed by atoms with E-state index in [1.54, 1.807) is 12.1 Å². The van der Waals surface area contributed by atoms with Gasteiger partial charge in [-0.3, -0.25) is 14.2 Å². The van der Waals surface area contributed by atoms with E-state index in [2.05, 4.69) is 4.98 Å². The Labute approximate surface area is 153 Å². The number of amides is 1. The van der Waals surface area contributed by atoms with Gasteiger partial charge in [0.2, 0.25) is 5.91 Å². The summed E-state index contributed by atoms with van der Waals surface area (Å²) in [6, 6.07) is 6.03. The lowest BCUT2D eigenvalue weighted by molar-refractivity contribution is -0.132. The Morgan fingerprint density at radius 3 is 2.62 bits per heavy atom. The summed E-state index contributed by atoms with van der Waals surface area (Å²) in [6.07, 6.45) is 4.61. The van der Waals surface area contributed by atoms with E-state index in [1.807, 2.05) is 10.3 Å². The van der Waals surface area contributed by atoms with Gasteiger partial charge in [0, 0.05) is 24.0 Å². The van der Waals surface area contributed by atoms with Gasteiger partial charge in [-0.25, -0.2) is 9.37 Å². The molecule has 134 valence electrons. The summed E-state index contributed by atoms with van der Waals surface area (Å²) in [5.74, 6) is -0.373. The molecule has 0 unspecified atom stereocenters. The van der Waals surface area contributed by atoms with Gasteiger partial charge in [-0.15, -0.1) is 11.3 Å². The highest BCUT2D eigenvalue weighted by Crippen LogP contribution is 2.30. The standard InChI is InChI=1S/C19H18FN3O2S/c20-14-6-4-13(5-7-14)15-11-26-18-17(15)19(25)23(12-21-18)10-16(24)22-8-2-1-3-9-22/h4-7,11-12H,1-3,8-10H2. The summed E-state index contributed by atoms with van der Waals surface area (Å²) in [5.41, 5.74) is 1.25. The number of piperidine rings is 1. The molecule has 1 saturated heterocycles. The molecule has 0 radical (unpaired) electrons. The molecule has 0 spiro atoms. The van der Waals surface area contributed by atoms with Crippen LogP contribution in [0.25, 0.3) is 21.3 Å². The van der Waals surface area contributed by atoms with Crippen molar-refractivity contribution in [2.45, 2.75) is 25.8 Å². The van der Waals surface area contributed by atoms with Crippen LogP contribution in [0, 0.1) is 5.82 Å². The van der Waals surface area contributed by atoms with E-state index >= 15 is 0 Å². The van der Waals surface area contributed by atoms with Crippen LogP contribution >= 0.6 is 11.3 Å². The highest BCUT2D eigenvalue weighted by atomic mass is 32.1. The Morgan fingerprint density at radius 1 is 1.15 bits per heavy atom. The molecule has 4 rings (SSSR count). The lowest BCUT2D eigenvalue weighted by Gasteiger charge is -2.26. The van der Waals surface area contributed by atoms with Crippen LogP contribution in [0.15, 0.2) is 40.8 Å². The van der Waals surface area contributed by atoms with Crippen molar-refractivity contribution in [3.63, 3.8) is 0 Å². The Morgan fingerprint density at radius 2 is 1.88 bits per heavy atom. The summed E-state index contributed by atoms with van der Waals surface area (Å²) in [6.45, 7) is 1.51. The fourth-order valence-corrected chi connectivity index (χ4v) is 4.22. The molecule has 3 heterocycles. The van der Waals surface area contributed by atoms with Crippen LogP contribution in [0.4, 0.5) is 4.39 Å². The van der Waals surface area contributed by atoms with Crippen molar-refractivity contribution >= 4 is 27.5 Å². The number of hydrogen-bond donors (Lipinski definition) is 0. The number of thiophene rings is 1. The van der Waals surface area contributed by atoms with Crippen LogP contribution in [0.3, 0.4) is 0 Å². The number of carbonyl (C=O) groups is 1. The van der Waals surface area contributed by atoms with E-state index in [9.17, 15) is 14.0 Å². The number of nitrogens with zero attached hydrogens (tertiary/aromatic N) is 3. The first kappa shape index (κ1) is 16.9. The molecule has 1 aromatic carbocycles. The quantitative estimate of drug-likeness (QED) is 0.710. The van der Waals surface area contributed by atoms with Crippen LogP contribution in [0.2, 0.25) is 0 Å². The van der Waals surface area contributed by atoms with E-state index < -0.39 is 0 Å². The number of likely N-dealkylation sites (tertiary alicyclic amines) is 1. The van der Waals surface area contributed by atoms with Crippen molar-refractivity contribution in [2.24, 2.45) is 0 Å². The molecule has 1 fully saturated rings. The Kier molecular flexibility index (Phi) is 4.55. The lowest BCUT2D eigenvalue weighted by Crippen LogP contribution is -2.39. The average Bonchev–Trinajstić information content (AvgIpc) is 3.10. The zero-order valence-electron chi connectivity index (χ0n) is 14.2. The number of hydrogen-bond acceptors (Lipinski definition) is 4. The molecule has 0 aliphatic carbocycles. The Balaban J connectivity index is 1.70. The van der Waals surface area contributed by atoms with Gasteiger partial charge in [0.1, 0.15) is 17.2 Å². The topological polar surface area (TPSA) is 55.2 Å². The van der Waals surface area contributed by atoms with Gasteiger partial charge >= 0.3 is 0 Å². The fraction of sp³-hybridized carbons (Fsp3) is 0.316. The van der Waals surface area contributed by atoms with Crippen molar-refractivity contribution in [1.29, 1.82) is 0 Å². The molecule has 0 bridgehead atoms. The van der Waals surface area contributed by atoms with E-state index in [4.69, 9.17) is 0 Å². The van der Waals surface area contributed by atoms with Crippen LogP contribution in [0.5, 0.6) is 0 Å². The highest BCUT2D eigenvalue weighted by Gasteiger charge is 2.19. The molecule has 0 atom stereocenters. The monoisotopic (exact) mass is 371 g/mol. The first-order valence-corrected chi connectivity index (χ1v) is 9.52. The van der Waals surface area contributed by atoms with Gasteiger partial charge in [0.25, 0.3) is 5.56 Å². The van der Waals surface area contributed by atoms with Crippen molar-refractivity contribution in [2.75, 3.05) is 13.1 Å². The molecule has 7 heteroatoms. The maximum atomic E-state index is 13.2. The van der Waals surface area contributed by atoms with Gasteiger partial charge in [-0.1, -0.05) is 12.1 Å². The third kappa shape index (κ3) is 3.14. The van der Waals surface area contributed by atoms with Crippen molar-refractivity contribution < 1.29 is 9.18 Å². The van der Waals surface area contributed by atoms with Crippen LogP contribution in [-0.4, -0.2) is 33.4 Å². The second-order valence-corrected chi connectivity index (χ2v) is 7.31. The summed E-state index contributed by atoms with van der Waals surface area (Å²) in [5, 5.41) is 2.33. The number of halogens is 1. The largest absolute Gasteiger partial charge is 0.341 e. The van der Waals surface area contributed by atoms with Gasteiger partial charge in [0.05, 0.1) is 11.7 Å². The summed E-state index contributed by atoms with van der Waals surface area (Å²) in [4.78, 5) is 32.2. The Hall–Kier alpha value is -2.54. The van der Waals surface area contributed by atoms with Crippen molar-refractivity contribution in [3.05, 3.63) is 52.1 Å². The predicted octanol–water partition coefficient (Wildman–Crippen LogP) is 3.28. The minimum absolute atomic E-state index is 0.000474. The maximum Gasteiger partial charge on any atom is 0.263 e. The molecule has 1 aliphatic heterocycles. The minimum atomic E-state index is -0.323. The number of aromatic nitrogens is 2. The maximum absolute atomic E-state index is 13.2. The van der Waals surface area contributed by atoms with Crippen molar-refractivity contribution in [1.82, 2.24) is 14.5 Å². The number of carbonyl (C=O) groups excluding carboxylic acids is 1. The van der Waals surface area contributed by atoms with E-state index in [1.165, 1.54) is 34.4 Å². The molecular formula is C19H18FN3O2S. The molecular weight excluding hydrogens is 353 g/mol. The first-order valence-electron chi connectivity index (χ1n) is 8.64. The lowest BCUT2D eigenvalue weighted by atomic mass is 10.1. The highest BCUT2D eigenvalue weighted by molar-refractivity contribution is 7.17. The third-order valence-electron chi connectivity index (χ3n) is 4.73. The molecule has 2 aromatic heterocycles. The number of rotatable bonds is 3. The zero-order chi connectivity index (χ0) is 18.1. The second kappa shape index (κ2) is 6.99. The normalized spacial score (nSPS) is 14.7. The van der Waals surface area contributed by atoms with Gasteiger partial charge in [0.15, 0.2) is 0 Å². The van der Waals surface area contributed by atoms with Crippen LogP contribution in [0.1, 0.15) is 19.3 Å². The predicted molar refractivity (Wildman–Crippen MR) is 99.7 cm³/mol. The smallest absolute Gasteiger partial charge is 0.263 e. The molecule has 3 aromatic rings. The van der Waals surface area contributed by atoms with Gasteiger partial charge < -0.3 is 4.90 Å². The third-order valence-corrected chi connectivity index (χ3v) is 5.62. The summed E-state index contributed by atoms with van der Waals surface area (Å²) >= 11 is 1.37. The molecule has 1 aliphatic rings. The first-order chi connectivity index (χ1) is 12.6. The van der Waals surface area contributed by atoms with Crippen molar-refractivity contribution in [3.8, 4) is 11.1 Å². The minimum Gasteiger partial charge on any atom is -0.341 e. The van der Waals surface area contributed by atoms with Crippen LogP contribution < -0.4 is 5.56 Å². The molecule has 26 heavy (non-hydrogen) atoms. The Bertz CT molecular complexity index is 1000. The molecule has 1 amide bonds. The second-order valence-electron chi connectivity index (χ2n) is 6.46. The number of fused-ring (bicyclic) bond motifs is 1. The van der Waals surface area contributed by atoms with E-state index in [0.29, 0.717) is 10.2 Å². The average molecular weight is 371 g/mol. The molecule has 5 nitrogen and oxygen atoms in total. The molecule has 0 saturated carbocycles. The van der Waals surface area contributed by atoms with E-state index in [-0.39, 0.29) is 23.8 Å². The van der Waals surface area contributed by atoms with Gasteiger partial charge in [-0.05, 0) is 37.0 Å². The van der Waals surface area contributed by atoms with Crippen LogP contribution in [-0.2, 0) is 11.3 Å².